The Morgan fingerprint density at radius 2 is 1.97 bits per heavy atom. The van der Waals surface area contributed by atoms with E-state index in [1.54, 1.807) is 0 Å². The number of nitrogens with one attached hydrogen (secondary N) is 2. The molecule has 0 aliphatic rings. The van der Waals surface area contributed by atoms with Gasteiger partial charge in [0.05, 0.1) is 17.6 Å². The highest BCUT2D eigenvalue weighted by Gasteiger charge is 2.35. The van der Waals surface area contributed by atoms with Crippen LogP contribution in [-0.4, -0.2) is 43.4 Å². The summed E-state index contributed by atoms with van der Waals surface area (Å²) in [4.78, 5) is 17.1. The van der Waals surface area contributed by atoms with Gasteiger partial charge in [0, 0.05) is 24.5 Å². The van der Waals surface area contributed by atoms with Crippen molar-refractivity contribution in [2.24, 2.45) is 5.92 Å². The average molecular weight is 428 g/mol. The highest BCUT2D eigenvalue weighted by Crippen LogP contribution is 2.22. The number of H-pyrrole nitrogens is 1. The highest BCUT2D eigenvalue weighted by atomic mass is 16.3. The Bertz CT molecular complexity index is 1080. The molecule has 0 bridgehead atoms. The molecular weight excluding hydrogens is 392 g/mol. The Morgan fingerprint density at radius 3 is 2.61 bits per heavy atom. The Kier molecular flexibility index (Phi) is 6.91. The molecule has 1 unspecified atom stereocenters. The third kappa shape index (κ3) is 5.19. The molecule has 0 aliphatic carbocycles. The van der Waals surface area contributed by atoms with Gasteiger partial charge in [0.2, 0.25) is 5.82 Å². The number of aliphatic hydroxyl groups excluding tert-OH is 1. The Labute approximate surface area is 183 Å². The van der Waals surface area contributed by atoms with Crippen LogP contribution in [-0.2, 0) is 12.1 Å². The average Bonchev–Trinajstić information content (AvgIpc) is 3.16. The number of hydrogen-bond acceptors (Lipinski definition) is 5. The number of aromatic amines is 1. The molecule has 168 valence electrons. The van der Waals surface area contributed by atoms with Crippen molar-refractivity contribution in [2.75, 3.05) is 13.2 Å². The van der Waals surface area contributed by atoms with E-state index in [1.807, 2.05) is 29.8 Å². The van der Waals surface area contributed by atoms with E-state index in [-0.39, 0.29) is 29.7 Å². The first-order chi connectivity index (χ1) is 14.6. The predicted octanol–water partition coefficient (Wildman–Crippen LogP) is 1.74. The Balaban J connectivity index is 2.04. The number of fused-ring (bicyclic) bond motifs is 1. The Morgan fingerprint density at radius 1 is 1.23 bits per heavy atom. The van der Waals surface area contributed by atoms with Crippen molar-refractivity contribution in [3.05, 3.63) is 51.6 Å². The van der Waals surface area contributed by atoms with Crippen molar-refractivity contribution in [1.29, 1.82) is 0 Å². The van der Waals surface area contributed by atoms with Crippen molar-refractivity contribution in [3.63, 3.8) is 0 Å². The molecule has 0 amide bonds. The SMILES string of the molecule is Cc1ccc2[nH]c(=O)c(C[NH+](CCCO)[C@@H](c3nnnn3C(C)(C)C)C(C)C)cc2c1. The van der Waals surface area contributed by atoms with Gasteiger partial charge in [-0.25, -0.2) is 4.68 Å². The molecule has 3 rings (SSSR count). The molecule has 2 atom stereocenters. The maximum absolute atomic E-state index is 12.9. The summed E-state index contributed by atoms with van der Waals surface area (Å²) in [6.45, 7) is 13.9. The summed E-state index contributed by atoms with van der Waals surface area (Å²) in [5.74, 6) is 1.05. The fourth-order valence-electron chi connectivity index (χ4n) is 4.23. The molecule has 8 heteroatoms. The molecule has 0 spiro atoms. The zero-order chi connectivity index (χ0) is 22.8. The molecule has 0 radical (unpaired) electrons. The fourth-order valence-corrected chi connectivity index (χ4v) is 4.23. The maximum Gasteiger partial charge on any atom is 0.257 e. The number of hydrogen-bond donors (Lipinski definition) is 3. The van der Waals surface area contributed by atoms with Crippen LogP contribution in [0, 0.1) is 12.8 Å². The number of aliphatic hydroxyl groups is 1. The summed E-state index contributed by atoms with van der Waals surface area (Å²) >= 11 is 0. The second-order valence-corrected chi connectivity index (χ2v) is 9.72. The normalized spacial score (nSPS) is 14.3. The van der Waals surface area contributed by atoms with Crippen molar-refractivity contribution in [3.8, 4) is 0 Å². The minimum atomic E-state index is -0.258. The van der Waals surface area contributed by atoms with E-state index in [9.17, 15) is 9.90 Å². The van der Waals surface area contributed by atoms with Gasteiger partial charge in [0.15, 0.2) is 6.04 Å². The van der Waals surface area contributed by atoms with Crippen LogP contribution in [0.2, 0.25) is 0 Å². The number of pyridine rings is 1. The number of aromatic nitrogens is 5. The van der Waals surface area contributed by atoms with Gasteiger partial charge in [0.1, 0.15) is 6.54 Å². The van der Waals surface area contributed by atoms with Crippen LogP contribution in [0.5, 0.6) is 0 Å². The molecule has 8 nitrogen and oxygen atoms in total. The molecular formula is C23H35N6O2+. The van der Waals surface area contributed by atoms with Crippen molar-refractivity contribution < 1.29 is 10.0 Å². The van der Waals surface area contributed by atoms with Crippen molar-refractivity contribution in [1.82, 2.24) is 25.2 Å². The van der Waals surface area contributed by atoms with E-state index in [0.717, 1.165) is 27.9 Å². The molecule has 0 saturated carbocycles. The summed E-state index contributed by atoms with van der Waals surface area (Å²) in [7, 11) is 0. The summed E-state index contributed by atoms with van der Waals surface area (Å²) < 4.78 is 1.88. The van der Waals surface area contributed by atoms with E-state index < -0.39 is 0 Å². The van der Waals surface area contributed by atoms with E-state index >= 15 is 0 Å². The lowest BCUT2D eigenvalue weighted by molar-refractivity contribution is -0.950. The molecule has 2 aromatic heterocycles. The second kappa shape index (κ2) is 9.28. The van der Waals surface area contributed by atoms with E-state index in [0.29, 0.717) is 19.5 Å². The lowest BCUT2D eigenvalue weighted by Gasteiger charge is -2.32. The van der Waals surface area contributed by atoms with Gasteiger partial charge in [-0.15, -0.1) is 5.10 Å². The Hall–Kier alpha value is -2.58. The summed E-state index contributed by atoms with van der Waals surface area (Å²) in [5.41, 5.74) is 2.39. The molecule has 1 aromatic carbocycles. The predicted molar refractivity (Wildman–Crippen MR) is 121 cm³/mol. The fraction of sp³-hybridized carbons (Fsp3) is 0.565. The van der Waals surface area contributed by atoms with Gasteiger partial charge in [-0.1, -0.05) is 25.5 Å². The summed E-state index contributed by atoms with van der Waals surface area (Å²) in [6, 6.07) is 8.00. The van der Waals surface area contributed by atoms with Gasteiger partial charge in [-0.2, -0.15) is 0 Å². The molecule has 31 heavy (non-hydrogen) atoms. The first-order valence-electron chi connectivity index (χ1n) is 11.0. The van der Waals surface area contributed by atoms with Gasteiger partial charge in [-0.3, -0.25) is 4.79 Å². The lowest BCUT2D eigenvalue weighted by Crippen LogP contribution is -3.12. The second-order valence-electron chi connectivity index (χ2n) is 9.72. The quantitative estimate of drug-likeness (QED) is 0.508. The van der Waals surface area contributed by atoms with Crippen molar-refractivity contribution >= 4 is 10.9 Å². The number of tetrazole rings is 1. The maximum atomic E-state index is 12.9. The first-order valence-corrected chi connectivity index (χ1v) is 11.0. The number of aryl methyl sites for hydroxylation is 1. The van der Waals surface area contributed by atoms with E-state index in [1.165, 1.54) is 4.90 Å². The molecule has 2 heterocycles. The number of nitrogens with zero attached hydrogens (tertiary/aromatic N) is 4. The van der Waals surface area contributed by atoms with Crippen LogP contribution < -0.4 is 10.5 Å². The van der Waals surface area contributed by atoms with Crippen LogP contribution in [0.4, 0.5) is 0 Å². The minimum Gasteiger partial charge on any atom is -0.396 e. The first kappa shape index (κ1) is 23.1. The van der Waals surface area contributed by atoms with Crippen LogP contribution in [0.3, 0.4) is 0 Å². The minimum absolute atomic E-state index is 0.0200. The zero-order valence-corrected chi connectivity index (χ0v) is 19.4. The zero-order valence-electron chi connectivity index (χ0n) is 19.4. The van der Waals surface area contributed by atoms with E-state index in [2.05, 4.69) is 61.2 Å². The van der Waals surface area contributed by atoms with Crippen LogP contribution >= 0.6 is 0 Å². The molecule has 0 fully saturated rings. The van der Waals surface area contributed by atoms with Crippen LogP contribution in [0.15, 0.2) is 29.1 Å². The van der Waals surface area contributed by atoms with Gasteiger partial charge in [0.25, 0.3) is 5.56 Å². The standard InChI is InChI=1S/C23H34N6O2/c1-15(2)20(21-25-26-27-29(21)23(4,5)6)28(10-7-11-30)14-18-13-17-12-16(3)8-9-19(17)24-22(18)31/h8-9,12-13,15,20,30H,7,10-11,14H2,1-6H3,(H,24,31)/p+1/t20-/m1/s1. The third-order valence-corrected chi connectivity index (χ3v) is 5.66. The summed E-state index contributed by atoms with van der Waals surface area (Å²) in [6.07, 6.45) is 0.639. The highest BCUT2D eigenvalue weighted by molar-refractivity contribution is 5.79. The number of quaternary nitrogens is 1. The van der Waals surface area contributed by atoms with Crippen molar-refractivity contribution in [2.45, 2.75) is 66.1 Å². The van der Waals surface area contributed by atoms with Crippen LogP contribution in [0.1, 0.15) is 64.0 Å². The van der Waals surface area contributed by atoms with Crippen LogP contribution in [0.25, 0.3) is 10.9 Å². The van der Waals surface area contributed by atoms with Gasteiger partial charge < -0.3 is 15.0 Å². The molecule has 0 saturated heterocycles. The number of benzene rings is 1. The molecule has 0 aliphatic heterocycles. The number of rotatable bonds is 8. The molecule has 3 N–H and O–H groups in total. The summed E-state index contributed by atoms with van der Waals surface area (Å²) in [5, 5.41) is 23.1. The molecule has 3 aromatic rings. The van der Waals surface area contributed by atoms with Gasteiger partial charge >= 0.3 is 0 Å². The van der Waals surface area contributed by atoms with E-state index in [4.69, 9.17) is 0 Å². The monoisotopic (exact) mass is 427 g/mol. The lowest BCUT2D eigenvalue weighted by atomic mass is 9.98. The largest absolute Gasteiger partial charge is 0.396 e. The van der Waals surface area contributed by atoms with Gasteiger partial charge in [-0.05, 0) is 61.7 Å². The smallest absolute Gasteiger partial charge is 0.257 e. The topological polar surface area (TPSA) is 101 Å². The third-order valence-electron chi connectivity index (χ3n) is 5.66.